The fourth-order valence-electron chi connectivity index (χ4n) is 6.76. The van der Waals surface area contributed by atoms with Gasteiger partial charge in [-0.15, -0.1) is 0 Å². The highest BCUT2D eigenvalue weighted by Crippen LogP contribution is 2.42. The minimum absolute atomic E-state index is 0.192. The Morgan fingerprint density at radius 1 is 1.11 bits per heavy atom. The van der Waals surface area contributed by atoms with Crippen LogP contribution in [-0.2, 0) is 22.5 Å². The second kappa shape index (κ2) is 11.2. The molecule has 2 fully saturated rings. The number of nitrogens with zero attached hydrogens (tertiary/aromatic N) is 5. The molecule has 3 aliphatic heterocycles. The van der Waals surface area contributed by atoms with Gasteiger partial charge in [-0.3, -0.25) is 14.5 Å². The Morgan fingerprint density at radius 2 is 1.87 bits per heavy atom. The van der Waals surface area contributed by atoms with E-state index in [0.717, 1.165) is 37.2 Å². The van der Waals surface area contributed by atoms with Crippen molar-refractivity contribution in [3.8, 4) is 17.0 Å². The van der Waals surface area contributed by atoms with Gasteiger partial charge in [0.2, 0.25) is 0 Å². The average molecular weight is 613 g/mol. The molecule has 3 aliphatic rings. The maximum Gasteiger partial charge on any atom is 0.274 e. The second-order valence-electron chi connectivity index (χ2n) is 12.6. The monoisotopic (exact) mass is 612 g/mol. The number of aryl methyl sites for hydroxylation is 1. The SMILES string of the molecule is Cc1nc2cc(C(=O)N3CCN(Cc4ccccc4)CC3)nn2c(-c2cc(F)c3c(c2C)CCCO3)c1C1OC(C)(C)NC1=O. The van der Waals surface area contributed by atoms with E-state index in [4.69, 9.17) is 19.6 Å². The molecule has 0 bridgehead atoms. The van der Waals surface area contributed by atoms with Gasteiger partial charge in [0, 0.05) is 61.2 Å². The molecule has 5 heterocycles. The standard InChI is InChI=1S/C34H37FN6O4/c1-20-23-11-8-16-44-30(23)25(35)17-24(20)29-28(31-32(42)37-34(3,4)45-31)21(2)36-27-18-26(38-41(27)29)33(43)40-14-12-39(13-15-40)19-22-9-6-5-7-10-22/h5-7,9-10,17-18,31H,8,11-16,19H2,1-4H3,(H,37,42). The number of nitrogens with one attached hydrogen (secondary N) is 1. The summed E-state index contributed by atoms with van der Waals surface area (Å²) >= 11 is 0. The first-order valence-electron chi connectivity index (χ1n) is 15.5. The topological polar surface area (TPSA) is 101 Å². The summed E-state index contributed by atoms with van der Waals surface area (Å²) in [5.41, 5.74) is 4.70. The van der Waals surface area contributed by atoms with Gasteiger partial charge in [-0.2, -0.15) is 5.10 Å². The zero-order valence-corrected chi connectivity index (χ0v) is 26.0. The molecular formula is C34H37FN6O4. The van der Waals surface area contributed by atoms with Crippen LogP contribution in [0.3, 0.4) is 0 Å². The first-order chi connectivity index (χ1) is 21.6. The summed E-state index contributed by atoms with van der Waals surface area (Å²) < 4.78 is 29.1. The molecule has 0 aliphatic carbocycles. The van der Waals surface area contributed by atoms with Crippen molar-refractivity contribution in [1.82, 2.24) is 29.7 Å². The molecule has 0 radical (unpaired) electrons. The molecule has 10 nitrogen and oxygen atoms in total. The van der Waals surface area contributed by atoms with Crippen LogP contribution in [0.5, 0.6) is 5.75 Å². The van der Waals surface area contributed by atoms with Crippen LogP contribution < -0.4 is 10.1 Å². The van der Waals surface area contributed by atoms with Gasteiger partial charge in [0.1, 0.15) is 5.72 Å². The summed E-state index contributed by atoms with van der Waals surface area (Å²) in [5, 5.41) is 7.66. The maximum absolute atomic E-state index is 15.6. The van der Waals surface area contributed by atoms with Crippen LogP contribution in [0.1, 0.15) is 64.8 Å². The van der Waals surface area contributed by atoms with E-state index >= 15 is 4.39 Å². The third kappa shape index (κ3) is 5.33. The van der Waals surface area contributed by atoms with Crippen LogP contribution >= 0.6 is 0 Å². The Kier molecular flexibility index (Phi) is 7.32. The average Bonchev–Trinajstić information content (AvgIpc) is 3.57. The van der Waals surface area contributed by atoms with Crippen molar-refractivity contribution in [1.29, 1.82) is 0 Å². The molecule has 0 saturated carbocycles. The zero-order chi connectivity index (χ0) is 31.5. The molecule has 1 atom stereocenters. The third-order valence-electron chi connectivity index (χ3n) is 8.99. The fourth-order valence-corrected chi connectivity index (χ4v) is 6.76. The molecule has 4 aromatic rings. The Morgan fingerprint density at radius 3 is 2.58 bits per heavy atom. The van der Waals surface area contributed by atoms with Gasteiger partial charge in [-0.1, -0.05) is 30.3 Å². The third-order valence-corrected chi connectivity index (χ3v) is 8.99. The number of halogens is 1. The first kappa shape index (κ1) is 29.4. The van der Waals surface area contributed by atoms with Gasteiger partial charge < -0.3 is 19.7 Å². The number of hydrogen-bond acceptors (Lipinski definition) is 7. The van der Waals surface area contributed by atoms with Crippen LogP contribution in [0.25, 0.3) is 16.9 Å². The summed E-state index contributed by atoms with van der Waals surface area (Å²) in [4.78, 5) is 36.0. The van der Waals surface area contributed by atoms with E-state index in [1.165, 1.54) is 11.6 Å². The molecule has 1 unspecified atom stereocenters. The quantitative estimate of drug-likeness (QED) is 0.358. The van der Waals surface area contributed by atoms with E-state index < -0.39 is 17.6 Å². The smallest absolute Gasteiger partial charge is 0.274 e. The van der Waals surface area contributed by atoms with Gasteiger partial charge in [-0.25, -0.2) is 13.9 Å². The van der Waals surface area contributed by atoms with E-state index in [1.807, 2.05) is 30.0 Å². The molecule has 1 N–H and O–H groups in total. The van der Waals surface area contributed by atoms with Crippen molar-refractivity contribution in [3.05, 3.63) is 81.9 Å². The Hall–Kier alpha value is -4.35. The predicted molar refractivity (Wildman–Crippen MR) is 165 cm³/mol. The normalized spacial score (nSPS) is 19.8. The number of amides is 2. The summed E-state index contributed by atoms with van der Waals surface area (Å²) in [7, 11) is 0. The maximum atomic E-state index is 15.6. The van der Waals surface area contributed by atoms with Gasteiger partial charge >= 0.3 is 0 Å². The lowest BCUT2D eigenvalue weighted by Crippen LogP contribution is -2.48. The van der Waals surface area contributed by atoms with Crippen LogP contribution in [0.15, 0.2) is 42.5 Å². The van der Waals surface area contributed by atoms with Crippen LogP contribution in [0.2, 0.25) is 0 Å². The lowest BCUT2D eigenvalue weighted by molar-refractivity contribution is -0.124. The number of rotatable bonds is 5. The first-order valence-corrected chi connectivity index (χ1v) is 15.5. The van der Waals surface area contributed by atoms with Gasteiger partial charge in [0.05, 0.1) is 12.3 Å². The summed E-state index contributed by atoms with van der Waals surface area (Å²) in [5.74, 6) is -0.720. The number of piperazine rings is 1. The highest BCUT2D eigenvalue weighted by Gasteiger charge is 2.42. The predicted octanol–water partition coefficient (Wildman–Crippen LogP) is 4.36. The highest BCUT2D eigenvalue weighted by molar-refractivity contribution is 5.94. The van der Waals surface area contributed by atoms with E-state index in [1.54, 1.807) is 31.4 Å². The number of hydrogen-bond donors (Lipinski definition) is 1. The van der Waals surface area contributed by atoms with Crippen molar-refractivity contribution in [2.75, 3.05) is 32.8 Å². The molecule has 11 heteroatoms. The van der Waals surface area contributed by atoms with Crippen molar-refractivity contribution >= 4 is 17.5 Å². The lowest BCUT2D eigenvalue weighted by atomic mass is 9.91. The van der Waals surface area contributed by atoms with Gasteiger partial charge in [0.15, 0.2) is 29.0 Å². The second-order valence-corrected chi connectivity index (χ2v) is 12.6. The number of aromatic nitrogens is 3. The highest BCUT2D eigenvalue weighted by atomic mass is 19.1. The van der Waals surface area contributed by atoms with E-state index in [9.17, 15) is 9.59 Å². The number of fused-ring (bicyclic) bond motifs is 2. The molecule has 2 saturated heterocycles. The van der Waals surface area contributed by atoms with Crippen LogP contribution in [0, 0.1) is 19.7 Å². The zero-order valence-electron chi connectivity index (χ0n) is 26.0. The minimum Gasteiger partial charge on any atom is -0.490 e. The van der Waals surface area contributed by atoms with Crippen LogP contribution in [0.4, 0.5) is 4.39 Å². The summed E-state index contributed by atoms with van der Waals surface area (Å²) in [6.45, 7) is 11.2. The molecule has 7 rings (SSSR count). The van der Waals surface area contributed by atoms with Crippen molar-refractivity contribution in [3.63, 3.8) is 0 Å². The van der Waals surface area contributed by atoms with E-state index in [-0.39, 0.29) is 23.3 Å². The van der Waals surface area contributed by atoms with Crippen molar-refractivity contribution in [2.24, 2.45) is 0 Å². The minimum atomic E-state index is -0.998. The fraction of sp³-hybridized carbons (Fsp3) is 0.412. The van der Waals surface area contributed by atoms with E-state index in [0.29, 0.717) is 54.3 Å². The molecule has 234 valence electrons. The Labute approximate surface area is 261 Å². The van der Waals surface area contributed by atoms with Gasteiger partial charge in [-0.05, 0) is 57.7 Å². The number of carbonyl (C=O) groups is 2. The van der Waals surface area contributed by atoms with Gasteiger partial charge in [0.25, 0.3) is 11.8 Å². The van der Waals surface area contributed by atoms with Crippen LogP contribution in [-0.4, -0.2) is 74.7 Å². The molecule has 2 amide bonds. The molecule has 45 heavy (non-hydrogen) atoms. The Bertz CT molecular complexity index is 1810. The number of carbonyl (C=O) groups excluding carboxylic acids is 2. The number of ether oxygens (including phenoxy) is 2. The lowest BCUT2D eigenvalue weighted by Gasteiger charge is -2.34. The molecule has 2 aromatic carbocycles. The summed E-state index contributed by atoms with van der Waals surface area (Å²) in [6, 6.07) is 13.4. The summed E-state index contributed by atoms with van der Waals surface area (Å²) in [6.07, 6.45) is 0.444. The number of benzene rings is 2. The molecular weight excluding hydrogens is 575 g/mol. The molecule has 2 aromatic heterocycles. The Balaban J connectivity index is 1.29. The van der Waals surface area contributed by atoms with E-state index in [2.05, 4.69) is 22.3 Å². The van der Waals surface area contributed by atoms with Crippen molar-refractivity contribution < 1.29 is 23.5 Å². The largest absolute Gasteiger partial charge is 0.490 e. The van der Waals surface area contributed by atoms with Crippen molar-refractivity contribution in [2.45, 2.75) is 58.9 Å². The molecule has 0 spiro atoms.